The number of benzene rings is 2. The van der Waals surface area contributed by atoms with E-state index >= 15 is 0 Å². The standard InChI is InChI=1S/C28H37N3O5.ClH/c1-4-26(32)31-14-15-36-27-22(19-31)16-21(20-8-9-24(34-2)25(18-20)35-3)17-23(27)28(33)29-10-13-30-11-6-5-7-12-30;/h8-9,16-18H,4-7,10-15,19H2,1-3H3,(H,29,33);1H. The highest BCUT2D eigenvalue weighted by Gasteiger charge is 2.25. The molecule has 2 amide bonds. The number of likely N-dealkylation sites (tertiary alicyclic amines) is 1. The van der Waals surface area contributed by atoms with Crippen LogP contribution in [0.1, 0.15) is 48.5 Å². The molecule has 0 aliphatic carbocycles. The lowest BCUT2D eigenvalue weighted by molar-refractivity contribution is -0.131. The molecule has 1 saturated heterocycles. The fourth-order valence-electron chi connectivity index (χ4n) is 4.91. The molecule has 2 aromatic rings. The average molecular weight is 532 g/mol. The van der Waals surface area contributed by atoms with Crippen LogP contribution in [0.25, 0.3) is 11.1 Å². The van der Waals surface area contributed by atoms with Gasteiger partial charge in [-0.2, -0.15) is 0 Å². The molecule has 0 bridgehead atoms. The number of methoxy groups -OCH3 is 2. The number of amides is 2. The normalized spacial score (nSPS) is 15.5. The Morgan fingerprint density at radius 2 is 1.73 bits per heavy atom. The zero-order valence-electron chi connectivity index (χ0n) is 22.0. The van der Waals surface area contributed by atoms with Crippen molar-refractivity contribution in [2.75, 3.05) is 53.6 Å². The molecule has 2 heterocycles. The zero-order chi connectivity index (χ0) is 25.5. The second kappa shape index (κ2) is 13.5. The first-order valence-electron chi connectivity index (χ1n) is 12.8. The topological polar surface area (TPSA) is 80.3 Å². The van der Waals surface area contributed by atoms with Gasteiger partial charge in [-0.15, -0.1) is 12.4 Å². The molecule has 0 unspecified atom stereocenters. The number of ether oxygens (including phenoxy) is 3. The van der Waals surface area contributed by atoms with Crippen LogP contribution in [0.3, 0.4) is 0 Å². The van der Waals surface area contributed by atoms with Crippen molar-refractivity contribution in [1.29, 1.82) is 0 Å². The number of hydrogen-bond donors (Lipinski definition) is 1. The van der Waals surface area contributed by atoms with Gasteiger partial charge >= 0.3 is 0 Å². The van der Waals surface area contributed by atoms with Crippen molar-refractivity contribution in [2.45, 2.75) is 39.2 Å². The number of hydrogen-bond acceptors (Lipinski definition) is 6. The van der Waals surface area contributed by atoms with Crippen LogP contribution in [0.2, 0.25) is 0 Å². The molecule has 1 N–H and O–H groups in total. The van der Waals surface area contributed by atoms with Gasteiger partial charge in [0.1, 0.15) is 12.4 Å². The van der Waals surface area contributed by atoms with E-state index in [4.69, 9.17) is 14.2 Å². The highest BCUT2D eigenvalue weighted by molar-refractivity contribution is 5.99. The number of halogens is 1. The van der Waals surface area contributed by atoms with Crippen LogP contribution in [0.4, 0.5) is 0 Å². The van der Waals surface area contributed by atoms with E-state index in [-0.39, 0.29) is 24.2 Å². The molecule has 2 aromatic carbocycles. The van der Waals surface area contributed by atoms with Gasteiger partial charge in [-0.05, 0) is 61.3 Å². The lowest BCUT2D eigenvalue weighted by atomic mass is 9.97. The first kappa shape index (κ1) is 28.6. The fraction of sp³-hybridized carbons (Fsp3) is 0.500. The van der Waals surface area contributed by atoms with Gasteiger partial charge in [0.15, 0.2) is 11.5 Å². The van der Waals surface area contributed by atoms with Gasteiger partial charge in [0.05, 0.1) is 26.3 Å². The van der Waals surface area contributed by atoms with Gasteiger partial charge in [0, 0.05) is 31.6 Å². The summed E-state index contributed by atoms with van der Waals surface area (Å²) in [7, 11) is 3.20. The molecule has 8 nitrogen and oxygen atoms in total. The Balaban J connectivity index is 0.00000380. The summed E-state index contributed by atoms with van der Waals surface area (Å²) in [5.41, 5.74) is 3.05. The van der Waals surface area contributed by atoms with Gasteiger partial charge in [0.2, 0.25) is 5.91 Å². The summed E-state index contributed by atoms with van der Waals surface area (Å²) in [5, 5.41) is 3.10. The van der Waals surface area contributed by atoms with Crippen LogP contribution < -0.4 is 19.5 Å². The Bertz CT molecular complexity index is 1090. The van der Waals surface area contributed by atoms with Crippen molar-refractivity contribution in [1.82, 2.24) is 15.1 Å². The third kappa shape index (κ3) is 6.87. The maximum absolute atomic E-state index is 13.4. The minimum atomic E-state index is -0.166. The Hall–Kier alpha value is -2.97. The van der Waals surface area contributed by atoms with Gasteiger partial charge in [0.25, 0.3) is 5.91 Å². The number of piperidine rings is 1. The molecule has 37 heavy (non-hydrogen) atoms. The molecule has 2 aliphatic rings. The Labute approximate surface area is 225 Å². The van der Waals surface area contributed by atoms with E-state index in [9.17, 15) is 9.59 Å². The molecule has 0 saturated carbocycles. The van der Waals surface area contributed by atoms with E-state index in [1.165, 1.54) is 19.3 Å². The zero-order valence-corrected chi connectivity index (χ0v) is 22.8. The second-order valence-electron chi connectivity index (χ2n) is 9.26. The predicted octanol–water partition coefficient (Wildman–Crippen LogP) is 4.14. The predicted molar refractivity (Wildman–Crippen MR) is 146 cm³/mol. The molecule has 0 atom stereocenters. The van der Waals surface area contributed by atoms with Crippen LogP contribution in [0.15, 0.2) is 30.3 Å². The molecular weight excluding hydrogens is 494 g/mol. The number of carbonyl (C=O) groups excluding carboxylic acids is 2. The van der Waals surface area contributed by atoms with E-state index < -0.39 is 0 Å². The van der Waals surface area contributed by atoms with Gasteiger partial charge in [-0.1, -0.05) is 19.4 Å². The molecule has 2 aliphatic heterocycles. The molecule has 0 spiro atoms. The SMILES string of the molecule is CCC(=O)N1CCOc2c(cc(-c3ccc(OC)c(OC)c3)cc2C(=O)NCCN2CCCCC2)C1.Cl. The second-order valence-corrected chi connectivity index (χ2v) is 9.26. The minimum absolute atomic E-state index is 0. The monoisotopic (exact) mass is 531 g/mol. The number of fused-ring (bicyclic) bond motifs is 1. The lowest BCUT2D eigenvalue weighted by Gasteiger charge is -2.26. The summed E-state index contributed by atoms with van der Waals surface area (Å²) in [4.78, 5) is 30.1. The number of rotatable bonds is 8. The first-order valence-corrected chi connectivity index (χ1v) is 12.8. The summed E-state index contributed by atoms with van der Waals surface area (Å²) in [6.45, 7) is 6.69. The highest BCUT2D eigenvalue weighted by atomic mass is 35.5. The van der Waals surface area contributed by atoms with E-state index in [2.05, 4.69) is 10.2 Å². The highest BCUT2D eigenvalue weighted by Crippen LogP contribution is 2.37. The van der Waals surface area contributed by atoms with E-state index in [0.717, 1.165) is 36.3 Å². The van der Waals surface area contributed by atoms with E-state index in [0.29, 0.717) is 55.5 Å². The summed E-state index contributed by atoms with van der Waals surface area (Å²) < 4.78 is 17.0. The van der Waals surface area contributed by atoms with Crippen molar-refractivity contribution in [2.24, 2.45) is 0 Å². The largest absolute Gasteiger partial charge is 0.493 e. The molecular formula is C28H38ClN3O5. The van der Waals surface area contributed by atoms with Crippen molar-refractivity contribution in [3.8, 4) is 28.4 Å². The van der Waals surface area contributed by atoms with Gasteiger partial charge in [-0.3, -0.25) is 9.59 Å². The Kier molecular flexibility index (Phi) is 10.5. The molecule has 0 radical (unpaired) electrons. The van der Waals surface area contributed by atoms with E-state index in [1.54, 1.807) is 19.1 Å². The molecule has 4 rings (SSSR count). The lowest BCUT2D eigenvalue weighted by Crippen LogP contribution is -2.37. The summed E-state index contributed by atoms with van der Waals surface area (Å²) in [6.07, 6.45) is 4.15. The summed E-state index contributed by atoms with van der Waals surface area (Å²) >= 11 is 0. The Morgan fingerprint density at radius 1 is 0.973 bits per heavy atom. The molecule has 9 heteroatoms. The van der Waals surface area contributed by atoms with Gasteiger partial charge in [-0.25, -0.2) is 0 Å². The van der Waals surface area contributed by atoms with Crippen molar-refractivity contribution in [3.05, 3.63) is 41.5 Å². The molecule has 1 fully saturated rings. The minimum Gasteiger partial charge on any atom is -0.493 e. The van der Waals surface area contributed by atoms with Crippen LogP contribution in [-0.2, 0) is 11.3 Å². The van der Waals surface area contributed by atoms with Crippen LogP contribution in [0.5, 0.6) is 17.2 Å². The third-order valence-corrected chi connectivity index (χ3v) is 6.91. The van der Waals surface area contributed by atoms with Gasteiger partial charge < -0.3 is 29.3 Å². The maximum Gasteiger partial charge on any atom is 0.255 e. The van der Waals surface area contributed by atoms with Crippen LogP contribution in [0, 0.1) is 0 Å². The maximum atomic E-state index is 13.4. The number of nitrogens with one attached hydrogen (secondary N) is 1. The van der Waals surface area contributed by atoms with Crippen molar-refractivity contribution in [3.63, 3.8) is 0 Å². The van der Waals surface area contributed by atoms with E-state index in [1.807, 2.05) is 37.3 Å². The van der Waals surface area contributed by atoms with Crippen LogP contribution in [-0.4, -0.2) is 75.2 Å². The fourth-order valence-corrected chi connectivity index (χ4v) is 4.91. The smallest absolute Gasteiger partial charge is 0.255 e. The number of carbonyl (C=O) groups is 2. The number of nitrogens with zero attached hydrogens (tertiary/aromatic N) is 2. The summed E-state index contributed by atoms with van der Waals surface area (Å²) in [5.74, 6) is 1.70. The summed E-state index contributed by atoms with van der Waals surface area (Å²) in [6, 6.07) is 9.55. The quantitative estimate of drug-likeness (QED) is 0.551. The van der Waals surface area contributed by atoms with Crippen LogP contribution >= 0.6 is 12.4 Å². The Morgan fingerprint density at radius 3 is 2.43 bits per heavy atom. The molecule has 0 aromatic heterocycles. The average Bonchev–Trinajstić information content (AvgIpc) is 3.14. The van der Waals surface area contributed by atoms with Crippen molar-refractivity contribution < 1.29 is 23.8 Å². The molecule has 202 valence electrons. The van der Waals surface area contributed by atoms with Crippen molar-refractivity contribution >= 4 is 24.2 Å². The first-order chi connectivity index (χ1) is 17.5. The third-order valence-electron chi connectivity index (χ3n) is 6.91.